The minimum absolute atomic E-state index is 0.0376. The zero-order valence-corrected chi connectivity index (χ0v) is 16.8. The number of rotatable bonds is 5. The number of carbonyl (C=O) groups excluding carboxylic acids is 1. The molecule has 3 aromatic rings. The normalized spacial score (nSPS) is 12.6. The lowest BCUT2D eigenvalue weighted by molar-refractivity contribution is 0.0797. The van der Waals surface area contributed by atoms with Gasteiger partial charge in [-0.25, -0.2) is 4.68 Å². The third-order valence-corrected chi connectivity index (χ3v) is 6.17. The van der Waals surface area contributed by atoms with Crippen LogP contribution >= 0.6 is 11.3 Å². The van der Waals surface area contributed by atoms with Crippen molar-refractivity contribution in [3.63, 3.8) is 0 Å². The second-order valence-corrected chi connectivity index (χ2v) is 7.96. The predicted octanol–water partition coefficient (Wildman–Crippen LogP) is 3.30. The Morgan fingerprint density at radius 2 is 2.04 bits per heavy atom. The molecule has 2 heterocycles. The van der Waals surface area contributed by atoms with Gasteiger partial charge in [0, 0.05) is 41.7 Å². The van der Waals surface area contributed by atoms with Gasteiger partial charge in [0.1, 0.15) is 0 Å². The fraction of sp³-hybridized carbons (Fsp3) is 0.333. The third-order valence-electron chi connectivity index (χ3n) is 5.19. The van der Waals surface area contributed by atoms with Crippen LogP contribution in [-0.4, -0.2) is 47.8 Å². The maximum absolute atomic E-state index is 12.5. The topological polar surface area (TPSA) is 50.2 Å². The lowest BCUT2D eigenvalue weighted by atomic mass is 9.95. The molecule has 4 rings (SSSR count). The van der Waals surface area contributed by atoms with E-state index >= 15 is 0 Å². The molecule has 2 aromatic heterocycles. The Kier molecular flexibility index (Phi) is 4.85. The van der Waals surface area contributed by atoms with Crippen LogP contribution in [-0.2, 0) is 12.8 Å². The van der Waals surface area contributed by atoms with Gasteiger partial charge in [0.2, 0.25) is 0 Å². The van der Waals surface area contributed by atoms with Crippen LogP contribution in [0.5, 0.6) is 0 Å². The van der Waals surface area contributed by atoms with Crippen molar-refractivity contribution in [3.05, 3.63) is 57.4 Å². The summed E-state index contributed by atoms with van der Waals surface area (Å²) in [5.74, 6) is 0.0376. The molecule has 0 bridgehead atoms. The Labute approximate surface area is 163 Å². The minimum Gasteiger partial charge on any atom is -0.340 e. The SMILES string of the molecule is CNCCN(C)C(=O)c1ccc(-n2nc(C)c3c2-c2ccsc2CC3)cc1. The number of nitrogens with one attached hydrogen (secondary N) is 1. The van der Waals surface area contributed by atoms with E-state index in [1.54, 1.807) is 4.90 Å². The molecule has 6 heteroatoms. The van der Waals surface area contributed by atoms with Crippen LogP contribution in [0.4, 0.5) is 0 Å². The average molecular weight is 381 g/mol. The van der Waals surface area contributed by atoms with Crippen molar-refractivity contribution in [2.75, 3.05) is 27.2 Å². The second-order valence-electron chi connectivity index (χ2n) is 6.96. The monoisotopic (exact) mass is 380 g/mol. The number of aromatic nitrogens is 2. The van der Waals surface area contributed by atoms with Crippen LogP contribution < -0.4 is 5.32 Å². The lowest BCUT2D eigenvalue weighted by Gasteiger charge is -2.18. The van der Waals surface area contributed by atoms with Crippen molar-refractivity contribution in [1.29, 1.82) is 0 Å². The number of amides is 1. The number of aryl methyl sites for hydroxylation is 2. The molecule has 1 amide bonds. The highest BCUT2D eigenvalue weighted by molar-refractivity contribution is 7.10. The van der Waals surface area contributed by atoms with Crippen molar-refractivity contribution in [2.24, 2.45) is 0 Å². The number of likely N-dealkylation sites (N-methyl/N-ethyl adjacent to an activating group) is 2. The standard InChI is InChI=1S/C21H24N4OS/c1-14-17-8-9-19-18(10-13-27-19)20(17)25(23-14)16-6-4-15(5-7-16)21(26)24(3)12-11-22-2/h4-7,10,13,22H,8-9,11-12H2,1-3H3. The maximum Gasteiger partial charge on any atom is 0.253 e. The van der Waals surface area contributed by atoms with Gasteiger partial charge in [-0.2, -0.15) is 5.10 Å². The van der Waals surface area contributed by atoms with Gasteiger partial charge in [0.15, 0.2) is 0 Å². The van der Waals surface area contributed by atoms with Crippen molar-refractivity contribution in [3.8, 4) is 16.9 Å². The van der Waals surface area contributed by atoms with Gasteiger partial charge in [0.05, 0.1) is 17.1 Å². The molecule has 0 fully saturated rings. The lowest BCUT2D eigenvalue weighted by Crippen LogP contribution is -2.32. The van der Waals surface area contributed by atoms with Gasteiger partial charge < -0.3 is 10.2 Å². The summed E-state index contributed by atoms with van der Waals surface area (Å²) in [5.41, 5.74) is 6.63. The number of nitrogens with zero attached hydrogens (tertiary/aromatic N) is 3. The van der Waals surface area contributed by atoms with Crippen molar-refractivity contribution in [2.45, 2.75) is 19.8 Å². The zero-order chi connectivity index (χ0) is 19.0. The summed E-state index contributed by atoms with van der Waals surface area (Å²) in [6, 6.07) is 9.98. The fourth-order valence-corrected chi connectivity index (χ4v) is 4.53. The molecule has 5 nitrogen and oxygen atoms in total. The summed E-state index contributed by atoms with van der Waals surface area (Å²) in [6.45, 7) is 3.55. The summed E-state index contributed by atoms with van der Waals surface area (Å²) in [6.07, 6.45) is 2.14. The Bertz CT molecular complexity index is 971. The first-order valence-electron chi connectivity index (χ1n) is 9.26. The van der Waals surface area contributed by atoms with Crippen molar-refractivity contribution < 1.29 is 4.79 Å². The quantitative estimate of drug-likeness (QED) is 0.739. The first-order valence-corrected chi connectivity index (χ1v) is 10.1. The van der Waals surface area contributed by atoms with E-state index in [-0.39, 0.29) is 5.91 Å². The summed E-state index contributed by atoms with van der Waals surface area (Å²) in [4.78, 5) is 15.7. The number of thiophene rings is 1. The van der Waals surface area contributed by atoms with Crippen LogP contribution in [0.25, 0.3) is 16.9 Å². The highest BCUT2D eigenvalue weighted by Crippen LogP contribution is 2.39. The van der Waals surface area contributed by atoms with Crippen LogP contribution in [0.1, 0.15) is 26.5 Å². The summed E-state index contributed by atoms with van der Waals surface area (Å²) < 4.78 is 2.04. The Morgan fingerprint density at radius 1 is 1.26 bits per heavy atom. The number of hydrogen-bond acceptors (Lipinski definition) is 4. The number of carbonyl (C=O) groups is 1. The first-order chi connectivity index (χ1) is 13.1. The van der Waals surface area contributed by atoms with E-state index in [9.17, 15) is 4.79 Å². The van der Waals surface area contributed by atoms with E-state index in [0.717, 1.165) is 30.8 Å². The van der Waals surface area contributed by atoms with E-state index in [1.807, 2.05) is 54.4 Å². The number of fused-ring (bicyclic) bond motifs is 3. The van der Waals surface area contributed by atoms with Gasteiger partial charge >= 0.3 is 0 Å². The second kappa shape index (κ2) is 7.29. The fourth-order valence-electron chi connectivity index (χ4n) is 3.65. The van der Waals surface area contributed by atoms with Crippen LogP contribution in [0.2, 0.25) is 0 Å². The van der Waals surface area contributed by atoms with E-state index in [2.05, 4.69) is 23.7 Å². The molecule has 1 aliphatic rings. The largest absolute Gasteiger partial charge is 0.340 e. The molecule has 0 spiro atoms. The van der Waals surface area contributed by atoms with Gasteiger partial charge in [-0.1, -0.05) is 0 Å². The molecule has 27 heavy (non-hydrogen) atoms. The minimum atomic E-state index is 0.0376. The van der Waals surface area contributed by atoms with E-state index < -0.39 is 0 Å². The molecule has 1 aliphatic carbocycles. The van der Waals surface area contributed by atoms with Crippen LogP contribution in [0, 0.1) is 6.92 Å². The molecule has 0 unspecified atom stereocenters. The highest BCUT2D eigenvalue weighted by atomic mass is 32.1. The van der Waals surface area contributed by atoms with E-state index in [1.165, 1.54) is 21.7 Å². The van der Waals surface area contributed by atoms with Gasteiger partial charge in [-0.05, 0) is 62.5 Å². The molecular formula is C21H24N4OS. The molecule has 0 aliphatic heterocycles. The predicted molar refractivity (Wildman–Crippen MR) is 110 cm³/mol. The average Bonchev–Trinajstić information content (AvgIpc) is 3.30. The molecule has 0 atom stereocenters. The van der Waals surface area contributed by atoms with Crippen molar-refractivity contribution in [1.82, 2.24) is 20.0 Å². The molecule has 1 aromatic carbocycles. The van der Waals surface area contributed by atoms with E-state index in [4.69, 9.17) is 5.10 Å². The molecule has 140 valence electrons. The maximum atomic E-state index is 12.5. The Morgan fingerprint density at radius 3 is 2.78 bits per heavy atom. The Hall–Kier alpha value is -2.44. The third kappa shape index (κ3) is 3.19. The molecule has 1 N–H and O–H groups in total. The summed E-state index contributed by atoms with van der Waals surface area (Å²) in [5, 5.41) is 10.0. The number of benzene rings is 1. The Balaban J connectivity index is 1.66. The molecule has 0 saturated heterocycles. The first kappa shape index (κ1) is 17.9. The van der Waals surface area contributed by atoms with Crippen molar-refractivity contribution >= 4 is 17.2 Å². The summed E-state index contributed by atoms with van der Waals surface area (Å²) in [7, 11) is 3.72. The van der Waals surface area contributed by atoms with Gasteiger partial charge in [0.25, 0.3) is 5.91 Å². The zero-order valence-electron chi connectivity index (χ0n) is 16.0. The number of hydrogen-bond donors (Lipinski definition) is 1. The molecule has 0 saturated carbocycles. The van der Waals surface area contributed by atoms with Gasteiger partial charge in [-0.3, -0.25) is 4.79 Å². The molecular weight excluding hydrogens is 356 g/mol. The van der Waals surface area contributed by atoms with Crippen LogP contribution in [0.15, 0.2) is 35.7 Å². The highest BCUT2D eigenvalue weighted by Gasteiger charge is 2.25. The molecule has 0 radical (unpaired) electrons. The van der Waals surface area contributed by atoms with Crippen LogP contribution in [0.3, 0.4) is 0 Å². The summed E-state index contributed by atoms with van der Waals surface area (Å²) >= 11 is 1.82. The van der Waals surface area contributed by atoms with Gasteiger partial charge in [-0.15, -0.1) is 11.3 Å². The van der Waals surface area contributed by atoms with E-state index in [0.29, 0.717) is 12.1 Å². The smallest absolute Gasteiger partial charge is 0.253 e.